The Balaban J connectivity index is 1.65. The summed E-state index contributed by atoms with van der Waals surface area (Å²) in [7, 11) is 0. The molecule has 22 heavy (non-hydrogen) atoms. The minimum atomic E-state index is 0.175. The zero-order chi connectivity index (χ0) is 15.7. The summed E-state index contributed by atoms with van der Waals surface area (Å²) in [5.41, 5.74) is 0. The highest BCUT2D eigenvalue weighted by molar-refractivity contribution is 5.76. The lowest BCUT2D eigenvalue weighted by Crippen LogP contribution is -2.39. The van der Waals surface area contributed by atoms with Crippen molar-refractivity contribution in [3.8, 4) is 0 Å². The molecule has 6 heteroatoms. The van der Waals surface area contributed by atoms with Gasteiger partial charge in [-0.3, -0.25) is 4.79 Å². The third-order valence-corrected chi connectivity index (χ3v) is 4.26. The molecule has 0 spiro atoms. The summed E-state index contributed by atoms with van der Waals surface area (Å²) in [5.74, 6) is 2.46. The Morgan fingerprint density at radius 2 is 1.91 bits per heavy atom. The van der Waals surface area contributed by atoms with Gasteiger partial charge in [0.2, 0.25) is 5.91 Å². The Morgan fingerprint density at radius 3 is 2.59 bits per heavy atom. The van der Waals surface area contributed by atoms with Gasteiger partial charge in [-0.2, -0.15) is 0 Å². The van der Waals surface area contributed by atoms with Crippen molar-refractivity contribution in [2.24, 2.45) is 0 Å². The molecule has 2 aromatic rings. The number of amides is 1. The van der Waals surface area contributed by atoms with E-state index < -0.39 is 0 Å². The first-order valence-electron chi connectivity index (χ1n) is 7.88. The highest BCUT2D eigenvalue weighted by Gasteiger charge is 2.26. The number of nitrogens with zero attached hydrogens (tertiary/aromatic N) is 5. The maximum absolute atomic E-state index is 12.5. The monoisotopic (exact) mass is 301 g/mol. The number of hydrogen-bond donors (Lipinski definition) is 0. The first-order valence-corrected chi connectivity index (χ1v) is 7.88. The molecule has 1 aliphatic rings. The van der Waals surface area contributed by atoms with Gasteiger partial charge in [-0.1, -0.05) is 13.8 Å². The summed E-state index contributed by atoms with van der Waals surface area (Å²) in [6.07, 6.45) is 4.51. The summed E-state index contributed by atoms with van der Waals surface area (Å²) in [4.78, 5) is 14.4. The summed E-state index contributed by atoms with van der Waals surface area (Å²) in [5, 5.41) is 8.52. The SMILES string of the molecule is CC(C)c1nnc2n1CCN(C(=O)C[C@@H](C)n1cccc1)C2. The molecule has 3 heterocycles. The lowest BCUT2D eigenvalue weighted by molar-refractivity contribution is -0.133. The Morgan fingerprint density at radius 1 is 1.18 bits per heavy atom. The van der Waals surface area contributed by atoms with Gasteiger partial charge in [-0.05, 0) is 19.1 Å². The van der Waals surface area contributed by atoms with E-state index in [4.69, 9.17) is 0 Å². The molecule has 118 valence electrons. The second kappa shape index (κ2) is 5.94. The molecule has 0 bridgehead atoms. The van der Waals surface area contributed by atoms with Gasteiger partial charge >= 0.3 is 0 Å². The molecule has 1 aliphatic heterocycles. The average molecular weight is 301 g/mol. The normalized spacial score (nSPS) is 15.9. The molecule has 0 aliphatic carbocycles. The van der Waals surface area contributed by atoms with Crippen LogP contribution in [0.25, 0.3) is 0 Å². The Hall–Kier alpha value is -2.11. The van der Waals surface area contributed by atoms with Gasteiger partial charge < -0.3 is 14.0 Å². The zero-order valence-electron chi connectivity index (χ0n) is 13.4. The molecule has 3 rings (SSSR count). The first kappa shape index (κ1) is 14.8. The van der Waals surface area contributed by atoms with E-state index in [9.17, 15) is 4.79 Å². The van der Waals surface area contributed by atoms with E-state index in [2.05, 4.69) is 40.1 Å². The van der Waals surface area contributed by atoms with Gasteiger partial charge in [0.05, 0.1) is 6.54 Å². The first-order chi connectivity index (χ1) is 10.6. The standard InChI is InChI=1S/C16H23N5O/c1-12(2)16-18-17-14-11-20(8-9-21(14)16)15(22)10-13(3)19-6-4-5-7-19/h4-7,12-13H,8-11H2,1-3H3/t13-/m1/s1. The minimum Gasteiger partial charge on any atom is -0.351 e. The van der Waals surface area contributed by atoms with E-state index in [0.29, 0.717) is 18.9 Å². The maximum atomic E-state index is 12.5. The Bertz CT molecular complexity index is 644. The van der Waals surface area contributed by atoms with Crippen LogP contribution in [0.3, 0.4) is 0 Å². The number of carbonyl (C=O) groups is 1. The quantitative estimate of drug-likeness (QED) is 0.870. The second-order valence-corrected chi connectivity index (χ2v) is 6.28. The van der Waals surface area contributed by atoms with Crippen molar-refractivity contribution in [1.82, 2.24) is 24.2 Å². The van der Waals surface area contributed by atoms with E-state index in [0.717, 1.165) is 24.7 Å². The van der Waals surface area contributed by atoms with Crippen LogP contribution in [-0.4, -0.2) is 36.7 Å². The molecule has 0 aromatic carbocycles. The minimum absolute atomic E-state index is 0.175. The zero-order valence-corrected chi connectivity index (χ0v) is 13.4. The molecular weight excluding hydrogens is 278 g/mol. The molecule has 0 radical (unpaired) electrons. The van der Waals surface area contributed by atoms with Crippen LogP contribution in [0.5, 0.6) is 0 Å². The van der Waals surface area contributed by atoms with Gasteiger partial charge in [0.1, 0.15) is 5.82 Å². The average Bonchev–Trinajstić information content (AvgIpc) is 3.15. The predicted molar refractivity (Wildman–Crippen MR) is 83.3 cm³/mol. The molecule has 0 saturated carbocycles. The van der Waals surface area contributed by atoms with Crippen molar-refractivity contribution >= 4 is 5.91 Å². The predicted octanol–water partition coefficient (Wildman–Crippen LogP) is 2.20. The highest BCUT2D eigenvalue weighted by atomic mass is 16.2. The fourth-order valence-corrected chi connectivity index (χ4v) is 2.95. The van der Waals surface area contributed by atoms with Crippen LogP contribution in [0.15, 0.2) is 24.5 Å². The van der Waals surface area contributed by atoms with Crippen LogP contribution < -0.4 is 0 Å². The van der Waals surface area contributed by atoms with Crippen LogP contribution >= 0.6 is 0 Å². The molecule has 0 N–H and O–H groups in total. The van der Waals surface area contributed by atoms with Gasteiger partial charge in [-0.25, -0.2) is 0 Å². The summed E-state index contributed by atoms with van der Waals surface area (Å²) in [6.45, 7) is 8.40. The molecule has 0 unspecified atom stereocenters. The third-order valence-electron chi connectivity index (χ3n) is 4.26. The van der Waals surface area contributed by atoms with E-state index in [1.54, 1.807) is 0 Å². The lowest BCUT2D eigenvalue weighted by Gasteiger charge is -2.29. The number of aromatic nitrogens is 4. The molecular formula is C16H23N5O. The van der Waals surface area contributed by atoms with E-state index >= 15 is 0 Å². The van der Waals surface area contributed by atoms with E-state index in [-0.39, 0.29) is 11.9 Å². The van der Waals surface area contributed by atoms with Crippen molar-refractivity contribution in [1.29, 1.82) is 0 Å². The maximum Gasteiger partial charge on any atom is 0.225 e. The lowest BCUT2D eigenvalue weighted by atomic mass is 10.2. The fourth-order valence-electron chi connectivity index (χ4n) is 2.95. The summed E-state index contributed by atoms with van der Waals surface area (Å²) < 4.78 is 4.23. The van der Waals surface area contributed by atoms with Crippen molar-refractivity contribution in [2.75, 3.05) is 6.54 Å². The van der Waals surface area contributed by atoms with Crippen LogP contribution in [0.2, 0.25) is 0 Å². The van der Waals surface area contributed by atoms with Crippen LogP contribution in [-0.2, 0) is 17.9 Å². The van der Waals surface area contributed by atoms with Crippen LogP contribution in [0.4, 0.5) is 0 Å². The topological polar surface area (TPSA) is 56.0 Å². The van der Waals surface area contributed by atoms with Crippen LogP contribution in [0, 0.1) is 0 Å². The molecule has 2 aromatic heterocycles. The van der Waals surface area contributed by atoms with Gasteiger partial charge in [0, 0.05) is 43.9 Å². The van der Waals surface area contributed by atoms with E-state index in [1.165, 1.54) is 0 Å². The molecule has 1 atom stereocenters. The fraction of sp³-hybridized carbons (Fsp3) is 0.562. The smallest absolute Gasteiger partial charge is 0.225 e. The molecule has 1 amide bonds. The third kappa shape index (κ3) is 2.77. The van der Waals surface area contributed by atoms with Crippen molar-refractivity contribution in [3.05, 3.63) is 36.2 Å². The van der Waals surface area contributed by atoms with Crippen molar-refractivity contribution in [3.63, 3.8) is 0 Å². The number of hydrogen-bond acceptors (Lipinski definition) is 3. The summed E-state index contributed by atoms with van der Waals surface area (Å²) >= 11 is 0. The van der Waals surface area contributed by atoms with Crippen molar-refractivity contribution < 1.29 is 4.79 Å². The number of fused-ring (bicyclic) bond motifs is 1. The Kier molecular flexibility index (Phi) is 4.00. The molecule has 0 saturated heterocycles. The van der Waals surface area contributed by atoms with Gasteiger partial charge in [-0.15, -0.1) is 10.2 Å². The second-order valence-electron chi connectivity index (χ2n) is 6.28. The summed E-state index contributed by atoms with van der Waals surface area (Å²) in [6, 6.07) is 4.14. The molecule has 6 nitrogen and oxygen atoms in total. The van der Waals surface area contributed by atoms with Crippen molar-refractivity contribution in [2.45, 2.75) is 52.2 Å². The number of rotatable bonds is 4. The van der Waals surface area contributed by atoms with Gasteiger partial charge in [0.25, 0.3) is 0 Å². The highest BCUT2D eigenvalue weighted by Crippen LogP contribution is 2.20. The van der Waals surface area contributed by atoms with Gasteiger partial charge in [0.15, 0.2) is 5.82 Å². The molecule has 0 fully saturated rings. The Labute approximate surface area is 130 Å². The number of carbonyl (C=O) groups excluding carboxylic acids is 1. The largest absolute Gasteiger partial charge is 0.351 e. The van der Waals surface area contributed by atoms with Crippen LogP contribution in [0.1, 0.15) is 50.8 Å². The van der Waals surface area contributed by atoms with E-state index in [1.807, 2.05) is 29.4 Å².